The number of anilines is 1. The Morgan fingerprint density at radius 1 is 1.40 bits per heavy atom. The number of halogens is 1. The van der Waals surface area contributed by atoms with E-state index in [1.165, 1.54) is 12.1 Å². The Morgan fingerprint density at radius 2 is 2.20 bits per heavy atom. The number of aromatic carboxylic acids is 1. The van der Waals surface area contributed by atoms with Crippen LogP contribution >= 0.6 is 23.4 Å². The van der Waals surface area contributed by atoms with E-state index in [9.17, 15) is 9.59 Å². The average Bonchev–Trinajstić information content (AvgIpc) is 2.39. The first kappa shape index (κ1) is 15.0. The summed E-state index contributed by atoms with van der Waals surface area (Å²) in [6, 6.07) is 4.32. The van der Waals surface area contributed by atoms with Crippen molar-refractivity contribution in [3.8, 4) is 0 Å². The van der Waals surface area contributed by atoms with Crippen LogP contribution in [0.15, 0.2) is 18.2 Å². The van der Waals surface area contributed by atoms with Gasteiger partial charge in [-0.3, -0.25) is 0 Å². The van der Waals surface area contributed by atoms with Crippen LogP contribution < -0.4 is 10.6 Å². The lowest BCUT2D eigenvalue weighted by Gasteiger charge is -2.22. The van der Waals surface area contributed by atoms with E-state index in [0.717, 1.165) is 24.3 Å². The van der Waals surface area contributed by atoms with Crippen LogP contribution in [-0.2, 0) is 0 Å². The maximum Gasteiger partial charge on any atom is 0.339 e. The summed E-state index contributed by atoms with van der Waals surface area (Å²) in [5.74, 6) is 0.838. The third kappa shape index (κ3) is 3.80. The lowest BCUT2D eigenvalue weighted by atomic mass is 10.1. The molecule has 0 spiro atoms. The van der Waals surface area contributed by atoms with Gasteiger partial charge in [0.15, 0.2) is 0 Å². The van der Waals surface area contributed by atoms with Crippen LogP contribution in [0.1, 0.15) is 23.2 Å². The Morgan fingerprint density at radius 3 is 2.85 bits per heavy atom. The van der Waals surface area contributed by atoms with Crippen molar-refractivity contribution < 1.29 is 14.7 Å². The summed E-state index contributed by atoms with van der Waals surface area (Å²) in [4.78, 5) is 23.1. The summed E-state index contributed by atoms with van der Waals surface area (Å²) in [5.41, 5.74) is 0.105. The van der Waals surface area contributed by atoms with Gasteiger partial charge < -0.3 is 15.7 Å². The number of carbonyl (C=O) groups excluding carboxylic acids is 1. The molecule has 1 fully saturated rings. The Balaban J connectivity index is 2.04. The van der Waals surface area contributed by atoms with Crippen molar-refractivity contribution in [3.05, 3.63) is 28.8 Å². The lowest BCUT2D eigenvalue weighted by molar-refractivity contribution is 0.0698. The number of carbonyl (C=O) groups is 2. The standard InChI is InChI=1S/C13H15ClN2O3S/c14-9-4-1-5-10(11(9)12(17)18)16-13(19)15-8-3-2-6-20-7-8/h1,4-5,8H,2-3,6-7H2,(H,17,18)(H2,15,16,19). The molecule has 7 heteroatoms. The Labute approximate surface area is 126 Å². The molecule has 1 unspecified atom stereocenters. The van der Waals surface area contributed by atoms with Gasteiger partial charge in [0.1, 0.15) is 5.56 Å². The van der Waals surface area contributed by atoms with Gasteiger partial charge >= 0.3 is 12.0 Å². The van der Waals surface area contributed by atoms with Crippen LogP contribution in [0.4, 0.5) is 10.5 Å². The summed E-state index contributed by atoms with van der Waals surface area (Å²) < 4.78 is 0. The minimum atomic E-state index is -1.17. The van der Waals surface area contributed by atoms with Gasteiger partial charge in [0.2, 0.25) is 0 Å². The Hall–Kier alpha value is -1.40. The van der Waals surface area contributed by atoms with Gasteiger partial charge in [0.05, 0.1) is 10.7 Å². The number of urea groups is 1. The van der Waals surface area contributed by atoms with Gasteiger partial charge in [-0.25, -0.2) is 9.59 Å². The number of nitrogens with one attached hydrogen (secondary N) is 2. The van der Waals surface area contributed by atoms with Crippen molar-refractivity contribution in [1.29, 1.82) is 0 Å². The van der Waals surface area contributed by atoms with Crippen molar-refractivity contribution in [3.63, 3.8) is 0 Å². The van der Waals surface area contributed by atoms with Crippen LogP contribution in [0.5, 0.6) is 0 Å². The number of rotatable bonds is 3. The molecule has 20 heavy (non-hydrogen) atoms. The zero-order valence-corrected chi connectivity index (χ0v) is 12.3. The van der Waals surface area contributed by atoms with Crippen molar-refractivity contribution in [2.75, 3.05) is 16.8 Å². The van der Waals surface area contributed by atoms with Crippen LogP contribution in [-0.4, -0.2) is 34.7 Å². The monoisotopic (exact) mass is 314 g/mol. The van der Waals surface area contributed by atoms with Gasteiger partial charge in [0.25, 0.3) is 0 Å². The predicted octanol–water partition coefficient (Wildman–Crippen LogP) is 3.06. The molecule has 0 aromatic heterocycles. The number of amides is 2. The molecule has 0 bridgehead atoms. The minimum absolute atomic E-state index is 0.0951. The normalized spacial score (nSPS) is 18.4. The molecule has 1 aliphatic rings. The van der Waals surface area contributed by atoms with E-state index in [-0.39, 0.29) is 22.3 Å². The van der Waals surface area contributed by atoms with Gasteiger partial charge in [-0.05, 0) is 30.7 Å². The highest BCUT2D eigenvalue weighted by molar-refractivity contribution is 7.99. The molecule has 2 amide bonds. The van der Waals surface area contributed by atoms with Gasteiger partial charge in [-0.1, -0.05) is 17.7 Å². The fourth-order valence-electron chi connectivity index (χ4n) is 2.04. The highest BCUT2D eigenvalue weighted by Gasteiger charge is 2.19. The highest BCUT2D eigenvalue weighted by atomic mass is 35.5. The van der Waals surface area contributed by atoms with Crippen LogP contribution in [0, 0.1) is 0 Å². The fraction of sp³-hybridized carbons (Fsp3) is 0.385. The van der Waals surface area contributed by atoms with Crippen molar-refractivity contribution in [2.45, 2.75) is 18.9 Å². The Kier molecular flexibility index (Phi) is 5.14. The molecule has 1 aliphatic heterocycles. The summed E-state index contributed by atoms with van der Waals surface area (Å²) in [7, 11) is 0. The molecule has 0 aliphatic carbocycles. The minimum Gasteiger partial charge on any atom is -0.478 e. The highest BCUT2D eigenvalue weighted by Crippen LogP contribution is 2.24. The van der Waals surface area contributed by atoms with E-state index < -0.39 is 12.0 Å². The largest absolute Gasteiger partial charge is 0.478 e. The average molecular weight is 315 g/mol. The molecule has 1 atom stereocenters. The molecule has 5 nitrogen and oxygen atoms in total. The van der Waals surface area contributed by atoms with Crippen LogP contribution in [0.2, 0.25) is 5.02 Å². The topological polar surface area (TPSA) is 78.4 Å². The number of hydrogen-bond donors (Lipinski definition) is 3. The molecule has 0 radical (unpaired) electrons. The summed E-state index contributed by atoms with van der Waals surface area (Å²) in [5, 5.41) is 14.6. The van der Waals surface area contributed by atoms with Crippen molar-refractivity contribution in [1.82, 2.24) is 5.32 Å². The molecule has 3 N–H and O–H groups in total. The van der Waals surface area contributed by atoms with Crippen LogP contribution in [0.3, 0.4) is 0 Å². The zero-order valence-electron chi connectivity index (χ0n) is 10.7. The molecular formula is C13H15ClN2O3S. The maximum atomic E-state index is 11.9. The molecule has 1 aromatic rings. The third-order valence-electron chi connectivity index (χ3n) is 2.97. The van der Waals surface area contributed by atoms with E-state index >= 15 is 0 Å². The third-order valence-corrected chi connectivity index (χ3v) is 4.50. The summed E-state index contributed by atoms with van der Waals surface area (Å²) >= 11 is 7.65. The SMILES string of the molecule is O=C(Nc1cccc(Cl)c1C(=O)O)NC1CCCSC1. The molecule has 2 rings (SSSR count). The molecule has 1 aromatic carbocycles. The predicted molar refractivity (Wildman–Crippen MR) is 80.9 cm³/mol. The van der Waals surface area contributed by atoms with E-state index in [2.05, 4.69) is 10.6 Å². The molecule has 0 saturated carbocycles. The second-order valence-corrected chi connectivity index (χ2v) is 6.04. The fourth-order valence-corrected chi connectivity index (χ4v) is 3.37. The second-order valence-electron chi connectivity index (χ2n) is 4.48. The van der Waals surface area contributed by atoms with E-state index in [4.69, 9.17) is 16.7 Å². The number of carboxylic acid groups (broad SMARTS) is 1. The lowest BCUT2D eigenvalue weighted by Crippen LogP contribution is -2.41. The summed E-state index contributed by atoms with van der Waals surface area (Å²) in [6.45, 7) is 0. The first-order chi connectivity index (χ1) is 9.58. The molecular weight excluding hydrogens is 300 g/mol. The van der Waals surface area contributed by atoms with E-state index in [1.807, 2.05) is 0 Å². The Bertz CT molecular complexity index is 518. The number of benzene rings is 1. The first-order valence-corrected chi connectivity index (χ1v) is 7.78. The van der Waals surface area contributed by atoms with E-state index in [1.54, 1.807) is 17.8 Å². The molecule has 108 valence electrons. The van der Waals surface area contributed by atoms with Crippen molar-refractivity contribution in [2.24, 2.45) is 0 Å². The number of hydrogen-bond acceptors (Lipinski definition) is 3. The second kappa shape index (κ2) is 6.85. The quantitative estimate of drug-likeness (QED) is 0.801. The van der Waals surface area contributed by atoms with Gasteiger partial charge in [-0.2, -0.15) is 11.8 Å². The number of thioether (sulfide) groups is 1. The van der Waals surface area contributed by atoms with Gasteiger partial charge in [0, 0.05) is 11.8 Å². The maximum absolute atomic E-state index is 11.9. The first-order valence-electron chi connectivity index (χ1n) is 6.25. The van der Waals surface area contributed by atoms with Crippen LogP contribution in [0.25, 0.3) is 0 Å². The molecule has 1 heterocycles. The summed E-state index contributed by atoms with van der Waals surface area (Å²) in [6.07, 6.45) is 2.02. The zero-order chi connectivity index (χ0) is 14.5. The van der Waals surface area contributed by atoms with Crippen molar-refractivity contribution >= 4 is 41.1 Å². The van der Waals surface area contributed by atoms with E-state index in [0.29, 0.717) is 0 Å². The molecule has 1 saturated heterocycles. The van der Waals surface area contributed by atoms with Gasteiger partial charge in [-0.15, -0.1) is 0 Å². The smallest absolute Gasteiger partial charge is 0.339 e. The number of carboxylic acids is 1.